The summed E-state index contributed by atoms with van der Waals surface area (Å²) in [5.74, 6) is 0. The zero-order valence-electron chi connectivity index (χ0n) is 26.7. The van der Waals surface area contributed by atoms with Crippen molar-refractivity contribution in [1.82, 2.24) is 9.13 Å². The lowest BCUT2D eigenvalue weighted by Crippen LogP contribution is -2.01. The van der Waals surface area contributed by atoms with Gasteiger partial charge >= 0.3 is 0 Å². The smallest absolute Gasteiger partial charge is 0.0998 e. The molecule has 9 rings (SSSR count). The summed E-state index contributed by atoms with van der Waals surface area (Å²) in [5.41, 5.74) is 11.0. The van der Waals surface area contributed by atoms with Gasteiger partial charge in [0.2, 0.25) is 0 Å². The van der Waals surface area contributed by atoms with Crippen LogP contribution in [0.25, 0.3) is 77.2 Å². The lowest BCUT2D eigenvalue weighted by Gasteiger charge is -2.19. The van der Waals surface area contributed by atoms with E-state index in [-0.39, 0.29) is 0 Å². The van der Waals surface area contributed by atoms with Crippen LogP contribution in [0.5, 0.6) is 0 Å². The number of nitriles is 3. The van der Waals surface area contributed by atoms with Crippen molar-refractivity contribution in [2.45, 2.75) is 0 Å². The molecule has 0 aliphatic rings. The summed E-state index contributed by atoms with van der Waals surface area (Å²) in [7, 11) is 0. The van der Waals surface area contributed by atoms with E-state index in [1.165, 1.54) is 0 Å². The third kappa shape index (κ3) is 4.31. The summed E-state index contributed by atoms with van der Waals surface area (Å²) in [6.07, 6.45) is 0. The van der Waals surface area contributed by atoms with Crippen molar-refractivity contribution in [1.29, 1.82) is 15.8 Å². The largest absolute Gasteiger partial charge is 0.309 e. The van der Waals surface area contributed by atoms with E-state index in [4.69, 9.17) is 0 Å². The van der Waals surface area contributed by atoms with Gasteiger partial charge in [0.1, 0.15) is 0 Å². The molecule has 0 radical (unpaired) electrons. The average molecular weight is 636 g/mol. The number of nitrogens with zero attached hydrogens (tertiary/aromatic N) is 5. The minimum atomic E-state index is 0.511. The number of aromatic nitrogens is 2. The minimum Gasteiger partial charge on any atom is -0.309 e. The van der Waals surface area contributed by atoms with Gasteiger partial charge in [0.05, 0.1) is 62.7 Å². The molecule has 0 atom stereocenters. The molecule has 9 aromatic rings. The molecule has 0 fully saturated rings. The molecule has 0 saturated heterocycles. The molecule has 50 heavy (non-hydrogen) atoms. The van der Waals surface area contributed by atoms with Crippen molar-refractivity contribution < 1.29 is 0 Å². The highest BCUT2D eigenvalue weighted by atomic mass is 15.0. The molecule has 5 heteroatoms. The maximum absolute atomic E-state index is 10.6. The molecule has 0 saturated carbocycles. The fraction of sp³-hybridized carbons (Fsp3) is 0. The standard InChI is InChI=1S/C45H25N5/c46-26-29-19-21-34(31-9-7-11-33(25-31)49-40-15-4-3-14-37(40)38-23-30(27-47)20-22-43(38)49)39(24-29)45-32(28-48)10-8-18-44(45)50-41-16-5-1-12-35(41)36-13-2-6-17-42(36)50/h1-25H. The molecule has 230 valence electrons. The molecule has 0 spiro atoms. The summed E-state index contributed by atoms with van der Waals surface area (Å²) in [6.45, 7) is 0. The number of fused-ring (bicyclic) bond motifs is 6. The van der Waals surface area contributed by atoms with Crippen molar-refractivity contribution in [2.75, 3.05) is 0 Å². The number of hydrogen-bond donors (Lipinski definition) is 0. The highest BCUT2D eigenvalue weighted by Gasteiger charge is 2.21. The molecule has 5 nitrogen and oxygen atoms in total. The van der Waals surface area contributed by atoms with Gasteiger partial charge in [-0.1, -0.05) is 78.9 Å². The van der Waals surface area contributed by atoms with Crippen LogP contribution >= 0.6 is 0 Å². The van der Waals surface area contributed by atoms with Crippen molar-refractivity contribution >= 4 is 43.6 Å². The van der Waals surface area contributed by atoms with E-state index >= 15 is 0 Å². The van der Waals surface area contributed by atoms with Gasteiger partial charge in [-0.2, -0.15) is 15.8 Å². The Bertz CT molecular complexity index is 2920. The Morgan fingerprint density at radius 1 is 0.400 bits per heavy atom. The third-order valence-corrected chi connectivity index (χ3v) is 9.62. The summed E-state index contributed by atoms with van der Waals surface area (Å²) in [6, 6.07) is 57.7. The quantitative estimate of drug-likeness (QED) is 0.193. The average Bonchev–Trinajstić information content (AvgIpc) is 3.70. The first kappa shape index (κ1) is 28.8. The van der Waals surface area contributed by atoms with E-state index in [0.717, 1.165) is 77.2 Å². The van der Waals surface area contributed by atoms with E-state index in [9.17, 15) is 15.8 Å². The first-order chi connectivity index (χ1) is 24.7. The predicted octanol–water partition coefficient (Wildman–Crippen LogP) is 10.8. The predicted molar refractivity (Wildman–Crippen MR) is 200 cm³/mol. The molecular formula is C45H25N5. The molecular weight excluding hydrogens is 611 g/mol. The molecule has 0 unspecified atom stereocenters. The summed E-state index contributed by atoms with van der Waals surface area (Å²) >= 11 is 0. The SMILES string of the molecule is N#Cc1ccc(-c2cccc(-n3c4ccccc4c4cc(C#N)ccc43)c2)c(-c2c(C#N)cccc2-n2c3ccccc3c3ccccc32)c1. The van der Waals surface area contributed by atoms with Crippen LogP contribution in [-0.4, -0.2) is 9.13 Å². The van der Waals surface area contributed by atoms with Crippen LogP contribution in [-0.2, 0) is 0 Å². The number of rotatable bonds is 4. The highest BCUT2D eigenvalue weighted by Crippen LogP contribution is 2.42. The summed E-state index contributed by atoms with van der Waals surface area (Å²) in [4.78, 5) is 0. The molecule has 2 heterocycles. The molecule has 0 N–H and O–H groups in total. The van der Waals surface area contributed by atoms with Gasteiger partial charge in [-0.25, -0.2) is 0 Å². The Balaban J connectivity index is 1.32. The Hall–Kier alpha value is -7.39. The van der Waals surface area contributed by atoms with Gasteiger partial charge in [0, 0.05) is 32.8 Å². The van der Waals surface area contributed by atoms with E-state index in [1.807, 2.05) is 91.0 Å². The highest BCUT2D eigenvalue weighted by molar-refractivity contribution is 6.11. The van der Waals surface area contributed by atoms with E-state index in [2.05, 4.69) is 88.0 Å². The monoisotopic (exact) mass is 635 g/mol. The summed E-state index contributed by atoms with van der Waals surface area (Å²) in [5, 5.41) is 34.7. The lowest BCUT2D eigenvalue weighted by atomic mass is 9.89. The molecule has 0 amide bonds. The Morgan fingerprint density at radius 3 is 1.66 bits per heavy atom. The topological polar surface area (TPSA) is 81.2 Å². The van der Waals surface area contributed by atoms with Crippen LogP contribution in [0.15, 0.2) is 152 Å². The van der Waals surface area contributed by atoms with Gasteiger partial charge in [-0.05, 0) is 89.5 Å². The van der Waals surface area contributed by atoms with Crippen LogP contribution in [0.2, 0.25) is 0 Å². The molecule has 0 aliphatic heterocycles. The van der Waals surface area contributed by atoms with Crippen molar-refractivity contribution in [3.05, 3.63) is 168 Å². The van der Waals surface area contributed by atoms with Crippen molar-refractivity contribution in [2.24, 2.45) is 0 Å². The molecule has 0 aliphatic carbocycles. The van der Waals surface area contributed by atoms with Crippen LogP contribution in [0.3, 0.4) is 0 Å². The minimum absolute atomic E-state index is 0.511. The second kappa shape index (κ2) is 11.4. The van der Waals surface area contributed by atoms with Crippen LogP contribution < -0.4 is 0 Å². The van der Waals surface area contributed by atoms with Crippen LogP contribution in [0.4, 0.5) is 0 Å². The second-order valence-corrected chi connectivity index (χ2v) is 12.3. The molecule has 7 aromatic carbocycles. The van der Waals surface area contributed by atoms with Gasteiger partial charge in [0.15, 0.2) is 0 Å². The second-order valence-electron chi connectivity index (χ2n) is 12.3. The number of benzene rings is 7. The first-order valence-electron chi connectivity index (χ1n) is 16.3. The van der Waals surface area contributed by atoms with E-state index in [0.29, 0.717) is 16.7 Å². The zero-order valence-corrected chi connectivity index (χ0v) is 26.7. The maximum atomic E-state index is 10.6. The third-order valence-electron chi connectivity index (χ3n) is 9.62. The van der Waals surface area contributed by atoms with Crippen LogP contribution in [0, 0.1) is 34.0 Å². The number of hydrogen-bond acceptors (Lipinski definition) is 3. The first-order valence-corrected chi connectivity index (χ1v) is 16.3. The van der Waals surface area contributed by atoms with Gasteiger partial charge in [-0.15, -0.1) is 0 Å². The normalized spacial score (nSPS) is 11.1. The molecule has 2 aromatic heterocycles. The number of para-hydroxylation sites is 3. The fourth-order valence-corrected chi connectivity index (χ4v) is 7.49. The Morgan fingerprint density at radius 2 is 0.980 bits per heavy atom. The zero-order chi connectivity index (χ0) is 33.8. The van der Waals surface area contributed by atoms with Gasteiger partial charge < -0.3 is 9.13 Å². The van der Waals surface area contributed by atoms with Gasteiger partial charge in [-0.3, -0.25) is 0 Å². The Labute approximate surface area is 287 Å². The molecule has 0 bridgehead atoms. The van der Waals surface area contributed by atoms with Crippen molar-refractivity contribution in [3.63, 3.8) is 0 Å². The Kier molecular flexibility index (Phi) is 6.56. The van der Waals surface area contributed by atoms with Gasteiger partial charge in [0.25, 0.3) is 0 Å². The van der Waals surface area contributed by atoms with E-state index < -0.39 is 0 Å². The lowest BCUT2D eigenvalue weighted by molar-refractivity contribution is 1.18. The van der Waals surface area contributed by atoms with E-state index in [1.54, 1.807) is 0 Å². The van der Waals surface area contributed by atoms with Crippen LogP contribution in [0.1, 0.15) is 16.7 Å². The summed E-state index contributed by atoms with van der Waals surface area (Å²) < 4.78 is 4.46. The van der Waals surface area contributed by atoms with Crippen molar-refractivity contribution in [3.8, 4) is 51.8 Å². The fourth-order valence-electron chi connectivity index (χ4n) is 7.49. The maximum Gasteiger partial charge on any atom is 0.0998 e.